The van der Waals surface area contributed by atoms with Crippen molar-refractivity contribution in [2.45, 2.75) is 6.92 Å². The summed E-state index contributed by atoms with van der Waals surface area (Å²) in [4.78, 5) is 27.5. The van der Waals surface area contributed by atoms with Crippen LogP contribution in [0.4, 0.5) is 34.5 Å². The fourth-order valence-electron chi connectivity index (χ4n) is 3.59. The highest BCUT2D eigenvalue weighted by molar-refractivity contribution is 7.08. The Bertz CT molecular complexity index is 1480. The van der Waals surface area contributed by atoms with Crippen molar-refractivity contribution in [1.82, 2.24) is 19.5 Å². The maximum Gasteiger partial charge on any atom is 0.231 e. The zero-order chi connectivity index (χ0) is 24.4. The number of carbonyl (C=O) groups excluding carboxylic acids is 1. The zero-order valence-corrected chi connectivity index (χ0v) is 20.3. The molecule has 0 saturated heterocycles. The van der Waals surface area contributed by atoms with Crippen molar-refractivity contribution in [3.8, 4) is 5.69 Å². The standard InChI is InChI=1S/C25H24N8OS/c1-16(34)27-17-7-9-18(10-8-17)28-23-22-24(33(15-26-22)21-11-12-35-14-21)31-25(30-23)29-19-5-4-6-20(13-19)32(2)3/h4-15H,1-3H3,(H,27,34)(H2,28,29,30,31). The first kappa shape index (κ1) is 22.4. The second-order valence-corrected chi connectivity index (χ2v) is 8.90. The third-order valence-electron chi connectivity index (χ3n) is 5.27. The van der Waals surface area contributed by atoms with E-state index in [2.05, 4.69) is 20.9 Å². The number of fused-ring (bicyclic) bond motifs is 1. The maximum absolute atomic E-state index is 11.3. The van der Waals surface area contributed by atoms with Crippen LogP contribution in [-0.4, -0.2) is 39.5 Å². The van der Waals surface area contributed by atoms with Gasteiger partial charge in [0.25, 0.3) is 0 Å². The molecule has 0 unspecified atom stereocenters. The van der Waals surface area contributed by atoms with Crippen molar-refractivity contribution < 1.29 is 4.79 Å². The molecule has 0 aliphatic heterocycles. The highest BCUT2D eigenvalue weighted by atomic mass is 32.1. The average Bonchev–Trinajstić information content (AvgIpc) is 3.50. The van der Waals surface area contributed by atoms with Gasteiger partial charge in [0.15, 0.2) is 17.0 Å². The Morgan fingerprint density at radius 2 is 1.77 bits per heavy atom. The highest BCUT2D eigenvalue weighted by Gasteiger charge is 2.15. The van der Waals surface area contributed by atoms with Gasteiger partial charge in [-0.3, -0.25) is 9.36 Å². The number of benzene rings is 2. The topological polar surface area (TPSA) is 100 Å². The second kappa shape index (κ2) is 9.43. The minimum Gasteiger partial charge on any atom is -0.378 e. The Hall–Kier alpha value is -4.44. The summed E-state index contributed by atoms with van der Waals surface area (Å²) >= 11 is 1.61. The van der Waals surface area contributed by atoms with Crippen molar-refractivity contribution in [2.24, 2.45) is 0 Å². The molecule has 3 aromatic heterocycles. The monoisotopic (exact) mass is 484 g/mol. The fraction of sp³-hybridized carbons (Fsp3) is 0.120. The van der Waals surface area contributed by atoms with E-state index in [1.807, 2.05) is 88.9 Å². The smallest absolute Gasteiger partial charge is 0.231 e. The minimum absolute atomic E-state index is 0.115. The number of aromatic nitrogens is 4. The van der Waals surface area contributed by atoms with Gasteiger partial charge in [0.05, 0.1) is 5.69 Å². The van der Waals surface area contributed by atoms with Crippen molar-refractivity contribution in [3.63, 3.8) is 0 Å². The molecule has 0 aliphatic rings. The third kappa shape index (κ3) is 4.92. The van der Waals surface area contributed by atoms with Gasteiger partial charge in [-0.1, -0.05) is 6.07 Å². The van der Waals surface area contributed by atoms with Crippen LogP contribution < -0.4 is 20.9 Å². The van der Waals surface area contributed by atoms with Crippen molar-refractivity contribution in [3.05, 3.63) is 71.7 Å². The van der Waals surface area contributed by atoms with Crippen LogP contribution in [0.25, 0.3) is 16.9 Å². The molecule has 5 rings (SSSR count). The summed E-state index contributed by atoms with van der Waals surface area (Å²) in [6.07, 6.45) is 1.75. The zero-order valence-electron chi connectivity index (χ0n) is 19.5. The van der Waals surface area contributed by atoms with E-state index < -0.39 is 0 Å². The lowest BCUT2D eigenvalue weighted by Gasteiger charge is -2.15. The quantitative estimate of drug-likeness (QED) is 0.285. The van der Waals surface area contributed by atoms with Crippen LogP contribution >= 0.6 is 11.3 Å². The molecule has 5 aromatic rings. The van der Waals surface area contributed by atoms with Gasteiger partial charge >= 0.3 is 0 Å². The molecule has 35 heavy (non-hydrogen) atoms. The van der Waals surface area contributed by atoms with Crippen LogP contribution in [0.1, 0.15) is 6.92 Å². The maximum atomic E-state index is 11.3. The van der Waals surface area contributed by atoms with Crippen LogP contribution in [0.3, 0.4) is 0 Å². The number of carbonyl (C=O) groups is 1. The first-order chi connectivity index (χ1) is 17.0. The summed E-state index contributed by atoms with van der Waals surface area (Å²) in [6.45, 7) is 1.48. The number of thiophene rings is 1. The van der Waals surface area contributed by atoms with Gasteiger partial charge in [-0.25, -0.2) is 4.98 Å². The molecule has 0 bridgehead atoms. The molecule has 0 fully saturated rings. The number of anilines is 6. The Labute approximate surface area is 206 Å². The predicted octanol–water partition coefficient (Wildman–Crippen LogP) is 5.39. The Kier molecular flexibility index (Phi) is 6.02. The molecule has 3 N–H and O–H groups in total. The Balaban J connectivity index is 1.54. The summed E-state index contributed by atoms with van der Waals surface area (Å²) in [5, 5.41) is 13.5. The number of rotatable bonds is 7. The normalized spacial score (nSPS) is 10.8. The number of amides is 1. The molecular weight excluding hydrogens is 460 g/mol. The van der Waals surface area contributed by atoms with Crippen molar-refractivity contribution in [1.29, 1.82) is 0 Å². The number of nitrogens with zero attached hydrogens (tertiary/aromatic N) is 5. The van der Waals surface area contributed by atoms with Crippen molar-refractivity contribution >= 4 is 62.9 Å². The van der Waals surface area contributed by atoms with Crippen LogP contribution in [0, 0.1) is 0 Å². The molecular formula is C25H24N8OS. The van der Waals surface area contributed by atoms with Crippen LogP contribution in [0.5, 0.6) is 0 Å². The molecule has 0 radical (unpaired) electrons. The molecule has 0 atom stereocenters. The summed E-state index contributed by atoms with van der Waals surface area (Å²) in [5.41, 5.74) is 5.80. The molecule has 2 aromatic carbocycles. The number of hydrogen-bond donors (Lipinski definition) is 3. The van der Waals surface area contributed by atoms with E-state index >= 15 is 0 Å². The molecule has 9 nitrogen and oxygen atoms in total. The number of nitrogens with one attached hydrogen (secondary N) is 3. The van der Waals surface area contributed by atoms with E-state index in [1.54, 1.807) is 17.7 Å². The summed E-state index contributed by atoms with van der Waals surface area (Å²) in [6, 6.07) is 17.5. The summed E-state index contributed by atoms with van der Waals surface area (Å²) in [7, 11) is 4.00. The Morgan fingerprint density at radius 1 is 0.971 bits per heavy atom. The fourth-order valence-corrected chi connectivity index (χ4v) is 4.22. The van der Waals surface area contributed by atoms with E-state index in [-0.39, 0.29) is 5.91 Å². The molecule has 176 valence electrons. The van der Waals surface area contributed by atoms with E-state index in [4.69, 9.17) is 9.97 Å². The predicted molar refractivity (Wildman–Crippen MR) is 143 cm³/mol. The first-order valence-corrected chi connectivity index (χ1v) is 11.9. The van der Waals surface area contributed by atoms with Crippen LogP contribution in [0.2, 0.25) is 0 Å². The van der Waals surface area contributed by atoms with Gasteiger partial charge in [-0.05, 0) is 53.9 Å². The van der Waals surface area contributed by atoms with Gasteiger partial charge in [0, 0.05) is 49.1 Å². The molecule has 10 heteroatoms. The minimum atomic E-state index is -0.115. The lowest BCUT2D eigenvalue weighted by atomic mass is 10.2. The van der Waals surface area contributed by atoms with Gasteiger partial charge in [0.2, 0.25) is 11.9 Å². The van der Waals surface area contributed by atoms with Crippen LogP contribution in [0.15, 0.2) is 71.7 Å². The van der Waals surface area contributed by atoms with E-state index in [0.717, 1.165) is 28.4 Å². The average molecular weight is 485 g/mol. The largest absolute Gasteiger partial charge is 0.378 e. The summed E-state index contributed by atoms with van der Waals surface area (Å²) in [5.74, 6) is 0.904. The summed E-state index contributed by atoms with van der Waals surface area (Å²) < 4.78 is 1.94. The van der Waals surface area contributed by atoms with E-state index in [0.29, 0.717) is 22.9 Å². The highest BCUT2D eigenvalue weighted by Crippen LogP contribution is 2.29. The molecule has 0 saturated carbocycles. The lowest BCUT2D eigenvalue weighted by molar-refractivity contribution is -0.114. The van der Waals surface area contributed by atoms with E-state index in [9.17, 15) is 4.79 Å². The number of imidazole rings is 1. The van der Waals surface area contributed by atoms with Crippen molar-refractivity contribution in [2.75, 3.05) is 34.9 Å². The van der Waals surface area contributed by atoms with Gasteiger partial charge in [0.1, 0.15) is 6.33 Å². The van der Waals surface area contributed by atoms with Gasteiger partial charge in [-0.2, -0.15) is 21.3 Å². The number of hydrogen-bond acceptors (Lipinski definition) is 8. The molecule has 0 spiro atoms. The second-order valence-electron chi connectivity index (χ2n) is 8.12. The Morgan fingerprint density at radius 3 is 2.49 bits per heavy atom. The molecule has 0 aliphatic carbocycles. The van der Waals surface area contributed by atoms with E-state index in [1.165, 1.54) is 6.92 Å². The first-order valence-electron chi connectivity index (χ1n) is 10.9. The lowest BCUT2D eigenvalue weighted by Crippen LogP contribution is -2.09. The third-order valence-corrected chi connectivity index (χ3v) is 5.94. The van der Waals surface area contributed by atoms with Crippen LogP contribution in [-0.2, 0) is 4.79 Å². The van der Waals surface area contributed by atoms with Gasteiger partial charge < -0.3 is 20.9 Å². The molecule has 1 amide bonds. The molecule has 3 heterocycles. The van der Waals surface area contributed by atoms with Gasteiger partial charge in [-0.15, -0.1) is 0 Å². The SMILES string of the molecule is CC(=O)Nc1ccc(Nc2nc(Nc3cccc(N(C)C)c3)nc3c2ncn3-c2ccsc2)cc1.